The number of nitrogens with one attached hydrogen (secondary N) is 7. The first-order valence-corrected chi connectivity index (χ1v) is 11.8. The van der Waals surface area contributed by atoms with Gasteiger partial charge in [-0.1, -0.05) is 0 Å². The van der Waals surface area contributed by atoms with Crippen molar-refractivity contribution < 1.29 is 38.4 Å². The van der Waals surface area contributed by atoms with Crippen LogP contribution < -0.4 is 43.0 Å². The molecular formula is C22H38N8O8. The predicted octanol–water partition coefficient (Wildman–Crippen LogP) is -4.71. The molecule has 9 N–H and O–H groups in total. The van der Waals surface area contributed by atoms with Crippen LogP contribution in [0.25, 0.3) is 0 Å². The molecule has 16 nitrogen and oxygen atoms in total. The second-order valence-corrected chi connectivity index (χ2v) is 8.70. The molecule has 6 atom stereocenters. The van der Waals surface area contributed by atoms with Crippen molar-refractivity contribution >= 4 is 47.6 Å². The monoisotopic (exact) mass is 542 g/mol. The average molecular weight is 543 g/mol. The first-order valence-electron chi connectivity index (χ1n) is 11.8. The zero-order chi connectivity index (χ0) is 29.6. The van der Waals surface area contributed by atoms with Crippen LogP contribution in [-0.4, -0.2) is 97.0 Å². The van der Waals surface area contributed by atoms with Crippen molar-refractivity contribution in [3.05, 3.63) is 0 Å². The Balaban J connectivity index is 4.53. The van der Waals surface area contributed by atoms with Crippen molar-refractivity contribution in [3.63, 3.8) is 0 Å². The summed E-state index contributed by atoms with van der Waals surface area (Å²) in [6.07, 6.45) is 0.531. The van der Waals surface area contributed by atoms with E-state index in [0.717, 1.165) is 0 Å². The van der Waals surface area contributed by atoms with Crippen LogP contribution in [0.5, 0.6) is 0 Å². The highest BCUT2D eigenvalue weighted by molar-refractivity contribution is 5.95. The van der Waals surface area contributed by atoms with Crippen LogP contribution in [0, 0.1) is 0 Å². The van der Waals surface area contributed by atoms with Crippen molar-refractivity contribution in [1.29, 1.82) is 0 Å². The highest BCUT2D eigenvalue weighted by Crippen LogP contribution is 1.93. The standard InChI is InChI=1S/C22H38N8O8/c1-10(9-31)26-19(35)13(4)28-21(37)15(6)30-22(38)14(5)29-20(36)12(3)27-17(33)8-24-16(32)7-25-18(34)11(2)23/h9-15H,7-8,23H2,1-6H3,(H,24,32)(H,25,34)(H,26,35)(H,27,33)(H,28,37)(H,29,36)(H,30,38)/t10-,11-,12-,13-,14-,15-/m0/s1. The minimum absolute atomic E-state index is 0.377. The minimum Gasteiger partial charge on any atom is -0.346 e. The fourth-order valence-electron chi connectivity index (χ4n) is 2.52. The molecule has 214 valence electrons. The van der Waals surface area contributed by atoms with Gasteiger partial charge in [0.1, 0.15) is 30.5 Å². The van der Waals surface area contributed by atoms with Gasteiger partial charge in [-0.05, 0) is 41.5 Å². The molecule has 0 aromatic rings. The fraction of sp³-hybridized carbons (Fsp3) is 0.636. The largest absolute Gasteiger partial charge is 0.346 e. The zero-order valence-corrected chi connectivity index (χ0v) is 22.3. The van der Waals surface area contributed by atoms with Gasteiger partial charge in [0, 0.05) is 0 Å². The summed E-state index contributed by atoms with van der Waals surface area (Å²) in [5.74, 6) is -4.53. The number of rotatable bonds is 15. The molecule has 0 aromatic heterocycles. The lowest BCUT2D eigenvalue weighted by Gasteiger charge is -2.22. The van der Waals surface area contributed by atoms with Gasteiger partial charge in [0.05, 0.1) is 25.2 Å². The SMILES string of the molecule is C[C@H](N)C(=O)NCC(=O)NCC(=O)N[C@@H](C)C(=O)N[C@@H](C)C(=O)N[C@@H](C)C(=O)N[C@@H](C)C(=O)N[C@@H](C)C=O. The molecule has 0 spiro atoms. The summed E-state index contributed by atoms with van der Waals surface area (Å²) < 4.78 is 0. The zero-order valence-electron chi connectivity index (χ0n) is 22.3. The second kappa shape index (κ2) is 16.6. The van der Waals surface area contributed by atoms with E-state index in [-0.39, 0.29) is 6.54 Å². The van der Waals surface area contributed by atoms with E-state index in [2.05, 4.69) is 37.2 Å². The number of nitrogens with two attached hydrogens (primary N) is 1. The van der Waals surface area contributed by atoms with Gasteiger partial charge in [0.15, 0.2) is 0 Å². The lowest BCUT2D eigenvalue weighted by atomic mass is 10.2. The van der Waals surface area contributed by atoms with Crippen LogP contribution in [0.15, 0.2) is 0 Å². The lowest BCUT2D eigenvalue weighted by molar-refractivity contribution is -0.134. The third-order valence-corrected chi connectivity index (χ3v) is 4.88. The maximum absolute atomic E-state index is 12.4. The summed E-state index contributed by atoms with van der Waals surface area (Å²) in [6, 6.07) is -5.70. The van der Waals surface area contributed by atoms with Gasteiger partial charge >= 0.3 is 0 Å². The molecule has 0 saturated carbocycles. The molecular weight excluding hydrogens is 504 g/mol. The molecule has 38 heavy (non-hydrogen) atoms. The van der Waals surface area contributed by atoms with Gasteiger partial charge in [-0.25, -0.2) is 0 Å². The van der Waals surface area contributed by atoms with Gasteiger partial charge in [-0.2, -0.15) is 0 Å². The number of aldehydes is 1. The molecule has 0 rings (SSSR count). The summed E-state index contributed by atoms with van der Waals surface area (Å²) in [6.45, 7) is 7.57. The Labute approximate surface area is 220 Å². The number of hydrogen-bond acceptors (Lipinski definition) is 9. The predicted molar refractivity (Wildman–Crippen MR) is 134 cm³/mol. The van der Waals surface area contributed by atoms with E-state index in [0.29, 0.717) is 6.29 Å². The summed E-state index contributed by atoms with van der Waals surface area (Å²) in [7, 11) is 0. The Morgan fingerprint density at radius 3 is 1.32 bits per heavy atom. The number of carbonyl (C=O) groups excluding carboxylic acids is 8. The molecule has 0 bridgehead atoms. The van der Waals surface area contributed by atoms with E-state index < -0.39 is 84.1 Å². The van der Waals surface area contributed by atoms with Gasteiger partial charge in [-0.3, -0.25) is 33.6 Å². The molecule has 0 fully saturated rings. The van der Waals surface area contributed by atoms with Crippen LogP contribution in [0.2, 0.25) is 0 Å². The number of carbonyl (C=O) groups is 8. The molecule has 0 radical (unpaired) electrons. The number of hydrogen-bond donors (Lipinski definition) is 8. The Bertz CT molecular complexity index is 910. The molecule has 0 aliphatic rings. The smallest absolute Gasteiger partial charge is 0.242 e. The summed E-state index contributed by atoms with van der Waals surface area (Å²) in [5, 5.41) is 16.4. The number of amides is 7. The van der Waals surface area contributed by atoms with Gasteiger partial charge in [0.25, 0.3) is 0 Å². The lowest BCUT2D eigenvalue weighted by Crippen LogP contribution is -2.56. The third-order valence-electron chi connectivity index (χ3n) is 4.88. The third kappa shape index (κ3) is 13.3. The quantitative estimate of drug-likeness (QED) is 0.0925. The first-order chi connectivity index (χ1) is 17.6. The molecule has 0 aliphatic heterocycles. The average Bonchev–Trinajstić information content (AvgIpc) is 2.85. The van der Waals surface area contributed by atoms with Crippen molar-refractivity contribution in [3.8, 4) is 0 Å². The molecule has 7 amide bonds. The van der Waals surface area contributed by atoms with E-state index in [4.69, 9.17) is 5.73 Å². The molecule has 16 heteroatoms. The van der Waals surface area contributed by atoms with Crippen LogP contribution in [0.1, 0.15) is 41.5 Å². The summed E-state index contributed by atoms with van der Waals surface area (Å²) >= 11 is 0. The van der Waals surface area contributed by atoms with Crippen molar-refractivity contribution in [1.82, 2.24) is 37.2 Å². The van der Waals surface area contributed by atoms with Crippen LogP contribution in [-0.2, 0) is 38.4 Å². The van der Waals surface area contributed by atoms with Crippen LogP contribution in [0.3, 0.4) is 0 Å². The highest BCUT2D eigenvalue weighted by Gasteiger charge is 2.25. The summed E-state index contributed by atoms with van der Waals surface area (Å²) in [4.78, 5) is 94.5. The van der Waals surface area contributed by atoms with Crippen molar-refractivity contribution in [2.75, 3.05) is 13.1 Å². The van der Waals surface area contributed by atoms with E-state index >= 15 is 0 Å². The molecule has 0 aromatic carbocycles. The Morgan fingerprint density at radius 1 is 0.553 bits per heavy atom. The van der Waals surface area contributed by atoms with Gasteiger partial charge in [0.2, 0.25) is 41.4 Å². The van der Waals surface area contributed by atoms with E-state index in [1.165, 1.54) is 41.5 Å². The van der Waals surface area contributed by atoms with Crippen LogP contribution in [0.4, 0.5) is 0 Å². The maximum Gasteiger partial charge on any atom is 0.242 e. The first kappa shape index (κ1) is 33.9. The Morgan fingerprint density at radius 2 is 0.921 bits per heavy atom. The van der Waals surface area contributed by atoms with Crippen molar-refractivity contribution in [2.45, 2.75) is 77.8 Å². The summed E-state index contributed by atoms with van der Waals surface area (Å²) in [5.41, 5.74) is 5.35. The second-order valence-electron chi connectivity index (χ2n) is 8.70. The fourth-order valence-corrected chi connectivity index (χ4v) is 2.52. The molecule has 0 saturated heterocycles. The Kier molecular flexibility index (Phi) is 14.8. The van der Waals surface area contributed by atoms with Gasteiger partial charge < -0.3 is 47.7 Å². The van der Waals surface area contributed by atoms with Crippen LogP contribution >= 0.6 is 0 Å². The van der Waals surface area contributed by atoms with Gasteiger partial charge in [-0.15, -0.1) is 0 Å². The van der Waals surface area contributed by atoms with E-state index in [1.807, 2.05) is 0 Å². The molecule has 0 aliphatic carbocycles. The molecule has 0 heterocycles. The highest BCUT2D eigenvalue weighted by atomic mass is 16.2. The maximum atomic E-state index is 12.4. The minimum atomic E-state index is -1.08. The van der Waals surface area contributed by atoms with E-state index in [9.17, 15) is 38.4 Å². The molecule has 0 unspecified atom stereocenters. The normalized spacial score (nSPS) is 15.1. The van der Waals surface area contributed by atoms with E-state index in [1.54, 1.807) is 0 Å². The Hall–Kier alpha value is -4.08. The van der Waals surface area contributed by atoms with Crippen molar-refractivity contribution in [2.24, 2.45) is 5.73 Å². The topological polar surface area (TPSA) is 247 Å².